The monoisotopic (exact) mass is 580 g/mol. The molecule has 0 bridgehead atoms. The van der Waals surface area contributed by atoms with Gasteiger partial charge in [-0.05, 0) is 67.5 Å². The van der Waals surface area contributed by atoms with Crippen molar-refractivity contribution in [2.24, 2.45) is 5.92 Å². The number of amides is 2. The third kappa shape index (κ3) is 9.68. The summed E-state index contributed by atoms with van der Waals surface area (Å²) in [6.07, 6.45) is 4.44. The van der Waals surface area contributed by atoms with Crippen molar-refractivity contribution in [1.29, 1.82) is 0 Å². The summed E-state index contributed by atoms with van der Waals surface area (Å²) in [7, 11) is -4.01. The van der Waals surface area contributed by atoms with Crippen molar-refractivity contribution >= 4 is 22.0 Å². The molecular weight excluding hydrogens is 540 g/mol. The van der Waals surface area contributed by atoms with Crippen LogP contribution in [0.4, 0.5) is 4.79 Å². The van der Waals surface area contributed by atoms with Crippen LogP contribution in [0.5, 0.6) is 0 Å². The quantitative estimate of drug-likeness (QED) is 0.242. The van der Waals surface area contributed by atoms with Crippen molar-refractivity contribution in [2.45, 2.75) is 64.1 Å². The number of hydrogen-bond donors (Lipinski definition) is 2. The molecule has 0 aliphatic carbocycles. The molecule has 1 atom stereocenters. The van der Waals surface area contributed by atoms with E-state index >= 15 is 0 Å². The first kappa shape index (κ1) is 31.8. The van der Waals surface area contributed by atoms with Gasteiger partial charge < -0.3 is 15.3 Å². The highest BCUT2D eigenvalue weighted by Crippen LogP contribution is 2.23. The zero-order valence-corrected chi connectivity index (χ0v) is 24.8. The predicted octanol–water partition coefficient (Wildman–Crippen LogP) is 5.07. The van der Waals surface area contributed by atoms with Crippen LogP contribution in [0, 0.1) is 12.8 Å². The van der Waals surface area contributed by atoms with Crippen LogP contribution in [-0.2, 0) is 27.9 Å². The Bertz CT molecular complexity index is 1310. The van der Waals surface area contributed by atoms with E-state index in [1.807, 2.05) is 63.2 Å². The number of pyridine rings is 1. The number of carboxylic acids is 1. The minimum atomic E-state index is -4.01. The van der Waals surface area contributed by atoms with Gasteiger partial charge in [0.2, 0.25) is 10.0 Å². The second-order valence-electron chi connectivity index (χ2n) is 10.6. The number of aliphatic carboxylic acids is 1. The van der Waals surface area contributed by atoms with Crippen LogP contribution in [0.15, 0.2) is 84.0 Å². The molecule has 9 nitrogen and oxygen atoms in total. The molecule has 0 radical (unpaired) electrons. The van der Waals surface area contributed by atoms with Gasteiger partial charge in [-0.2, -0.15) is 4.31 Å². The Morgan fingerprint density at radius 1 is 0.902 bits per heavy atom. The van der Waals surface area contributed by atoms with E-state index in [4.69, 9.17) is 0 Å². The van der Waals surface area contributed by atoms with E-state index in [-0.39, 0.29) is 29.8 Å². The summed E-state index contributed by atoms with van der Waals surface area (Å²) in [4.78, 5) is 31.2. The Balaban J connectivity index is 1.62. The maximum absolute atomic E-state index is 13.5. The van der Waals surface area contributed by atoms with Crippen LogP contribution in [-0.4, -0.2) is 58.8 Å². The van der Waals surface area contributed by atoms with Gasteiger partial charge in [-0.25, -0.2) is 13.2 Å². The maximum Gasteiger partial charge on any atom is 0.322 e. The van der Waals surface area contributed by atoms with E-state index in [1.165, 1.54) is 12.1 Å². The number of aromatic nitrogens is 1. The SMILES string of the molecule is Cc1ccc(S(=O)(=O)N(CC(C)C)[C@@H](CCCCNC(=O)N(Cc2ccccc2)Cc2ccncc2)C(=O)O)cc1. The smallest absolute Gasteiger partial charge is 0.322 e. The molecule has 0 unspecified atom stereocenters. The van der Waals surface area contributed by atoms with Crippen LogP contribution in [0.3, 0.4) is 0 Å². The van der Waals surface area contributed by atoms with Crippen LogP contribution in [0.1, 0.15) is 49.8 Å². The standard InChI is InChI=1S/C31H40N4O5S/c1-24(2)21-35(41(39,40)28-14-12-25(3)13-15-28)29(30(36)37)11-7-8-18-33-31(38)34(22-26-9-5-4-6-10-26)23-27-16-19-32-20-17-27/h4-6,9-10,12-17,19-20,24,29H,7-8,11,18,21-23H2,1-3H3,(H,33,38)(H,36,37)/t29-/m0/s1. The first-order valence-corrected chi connectivity index (χ1v) is 15.3. The van der Waals surface area contributed by atoms with Crippen LogP contribution in [0.2, 0.25) is 0 Å². The predicted molar refractivity (Wildman–Crippen MR) is 159 cm³/mol. The lowest BCUT2D eigenvalue weighted by atomic mass is 10.1. The number of unbranched alkanes of at least 4 members (excludes halogenated alkanes) is 1. The van der Waals surface area contributed by atoms with Gasteiger partial charge in [0, 0.05) is 38.6 Å². The van der Waals surface area contributed by atoms with Gasteiger partial charge >= 0.3 is 12.0 Å². The third-order valence-electron chi connectivity index (χ3n) is 6.61. The van der Waals surface area contributed by atoms with Gasteiger partial charge in [-0.1, -0.05) is 61.9 Å². The minimum absolute atomic E-state index is 0.0626. The summed E-state index contributed by atoms with van der Waals surface area (Å²) in [6, 6.07) is 18.4. The number of nitrogens with one attached hydrogen (secondary N) is 1. The summed E-state index contributed by atoms with van der Waals surface area (Å²) in [6.45, 7) is 6.84. The normalized spacial score (nSPS) is 12.3. The van der Waals surface area contributed by atoms with Crippen molar-refractivity contribution < 1.29 is 23.1 Å². The van der Waals surface area contributed by atoms with Gasteiger partial charge in [0.05, 0.1) is 4.90 Å². The summed E-state index contributed by atoms with van der Waals surface area (Å²) in [5.41, 5.74) is 2.87. The molecule has 2 N–H and O–H groups in total. The van der Waals surface area contributed by atoms with E-state index in [9.17, 15) is 23.1 Å². The maximum atomic E-state index is 13.5. The minimum Gasteiger partial charge on any atom is -0.480 e. The fourth-order valence-electron chi connectivity index (χ4n) is 4.47. The van der Waals surface area contributed by atoms with Gasteiger partial charge in [-0.15, -0.1) is 0 Å². The highest BCUT2D eigenvalue weighted by atomic mass is 32.2. The van der Waals surface area contributed by atoms with E-state index in [0.29, 0.717) is 32.5 Å². The van der Waals surface area contributed by atoms with Crippen LogP contribution in [0.25, 0.3) is 0 Å². The van der Waals surface area contributed by atoms with E-state index in [0.717, 1.165) is 21.0 Å². The topological polar surface area (TPSA) is 120 Å². The Morgan fingerprint density at radius 2 is 1.51 bits per heavy atom. The molecule has 1 aromatic heterocycles. The number of benzene rings is 2. The lowest BCUT2D eigenvalue weighted by molar-refractivity contribution is -0.141. The molecule has 0 fully saturated rings. The zero-order chi connectivity index (χ0) is 29.8. The molecular formula is C31H40N4O5S. The third-order valence-corrected chi connectivity index (χ3v) is 8.50. The number of sulfonamides is 1. The lowest BCUT2D eigenvalue weighted by Gasteiger charge is -2.29. The first-order valence-electron chi connectivity index (χ1n) is 13.8. The van der Waals surface area contributed by atoms with Gasteiger partial charge in [0.1, 0.15) is 6.04 Å². The molecule has 2 amide bonds. The largest absolute Gasteiger partial charge is 0.480 e. The Morgan fingerprint density at radius 3 is 2.10 bits per heavy atom. The lowest BCUT2D eigenvalue weighted by Crippen LogP contribution is -2.46. The van der Waals surface area contributed by atoms with Crippen molar-refractivity contribution in [2.75, 3.05) is 13.1 Å². The number of carbonyl (C=O) groups is 2. The molecule has 220 valence electrons. The second kappa shape index (κ2) is 15.3. The van der Waals surface area contributed by atoms with E-state index in [1.54, 1.807) is 29.4 Å². The van der Waals surface area contributed by atoms with Gasteiger partial charge in [0.15, 0.2) is 0 Å². The number of carboxylic acid groups (broad SMARTS) is 1. The number of nitrogens with zero attached hydrogens (tertiary/aromatic N) is 3. The number of hydrogen-bond acceptors (Lipinski definition) is 5. The first-order chi connectivity index (χ1) is 19.6. The Hall–Kier alpha value is -3.76. The van der Waals surface area contributed by atoms with E-state index < -0.39 is 22.0 Å². The van der Waals surface area contributed by atoms with Crippen molar-refractivity contribution in [3.05, 3.63) is 95.8 Å². The molecule has 1 heterocycles. The summed E-state index contributed by atoms with van der Waals surface area (Å²) >= 11 is 0. The number of rotatable bonds is 15. The highest BCUT2D eigenvalue weighted by molar-refractivity contribution is 7.89. The molecule has 0 saturated carbocycles. The molecule has 3 aromatic rings. The highest BCUT2D eigenvalue weighted by Gasteiger charge is 2.36. The fraction of sp³-hybridized carbons (Fsp3) is 0.387. The second-order valence-corrected chi connectivity index (χ2v) is 12.5. The molecule has 0 spiro atoms. The summed E-state index contributed by atoms with van der Waals surface area (Å²) < 4.78 is 28.1. The Labute approximate surface area is 243 Å². The van der Waals surface area contributed by atoms with Gasteiger partial charge in [-0.3, -0.25) is 9.78 Å². The summed E-state index contributed by atoms with van der Waals surface area (Å²) in [5, 5.41) is 13.0. The molecule has 0 saturated heterocycles. The zero-order valence-electron chi connectivity index (χ0n) is 23.9. The van der Waals surface area contributed by atoms with Crippen molar-refractivity contribution in [3.8, 4) is 0 Å². The molecule has 0 aliphatic rings. The average Bonchev–Trinajstić information content (AvgIpc) is 2.94. The van der Waals surface area contributed by atoms with E-state index in [2.05, 4.69) is 10.3 Å². The van der Waals surface area contributed by atoms with Gasteiger partial charge in [0.25, 0.3) is 0 Å². The molecule has 0 aliphatic heterocycles. The molecule has 3 rings (SSSR count). The number of aryl methyl sites for hydroxylation is 1. The van der Waals surface area contributed by atoms with Crippen LogP contribution >= 0.6 is 0 Å². The van der Waals surface area contributed by atoms with Crippen molar-refractivity contribution in [1.82, 2.24) is 19.5 Å². The van der Waals surface area contributed by atoms with Crippen molar-refractivity contribution in [3.63, 3.8) is 0 Å². The Kier molecular flexibility index (Phi) is 11.9. The molecule has 10 heteroatoms. The number of urea groups is 1. The average molecular weight is 581 g/mol. The fourth-order valence-corrected chi connectivity index (χ4v) is 6.25. The van der Waals surface area contributed by atoms with Crippen LogP contribution < -0.4 is 5.32 Å². The summed E-state index contributed by atoms with van der Waals surface area (Å²) in [5.74, 6) is -1.25. The molecule has 2 aromatic carbocycles. The number of carbonyl (C=O) groups excluding carboxylic acids is 1. The molecule has 41 heavy (non-hydrogen) atoms.